The molecule has 1 saturated heterocycles. The molecule has 0 bridgehead atoms. The topological polar surface area (TPSA) is 108 Å². The van der Waals surface area contributed by atoms with Gasteiger partial charge in [0.15, 0.2) is 5.65 Å². The molecule has 0 unspecified atom stereocenters. The van der Waals surface area contributed by atoms with Crippen molar-refractivity contribution >= 4 is 31.0 Å². The number of amides is 1. The van der Waals surface area contributed by atoms with Crippen LogP contribution in [-0.2, 0) is 11.3 Å². The van der Waals surface area contributed by atoms with Gasteiger partial charge in [0.05, 0.1) is 5.39 Å². The van der Waals surface area contributed by atoms with Gasteiger partial charge in [-0.05, 0) is 98.6 Å². The van der Waals surface area contributed by atoms with Crippen LogP contribution in [0.25, 0.3) is 22.3 Å². The molecule has 2 N–H and O–H groups in total. The van der Waals surface area contributed by atoms with Gasteiger partial charge in [-0.3, -0.25) is 0 Å². The number of nitrogens with two attached hydrogens (primary N) is 1. The van der Waals surface area contributed by atoms with E-state index in [9.17, 15) is 4.79 Å². The van der Waals surface area contributed by atoms with Gasteiger partial charge in [-0.15, -0.1) is 5.54 Å². The zero-order chi connectivity index (χ0) is 35.5. The Labute approximate surface area is 292 Å². The quantitative estimate of drug-likeness (QED) is 0.146. The van der Waals surface area contributed by atoms with Crippen molar-refractivity contribution in [1.82, 2.24) is 24.6 Å². The van der Waals surface area contributed by atoms with Gasteiger partial charge in [0.2, 0.25) is 0 Å². The Hall–Kier alpha value is -4.36. The number of carbonyl (C=O) groups excluding carboxylic acids is 1. The van der Waals surface area contributed by atoms with Crippen LogP contribution < -0.4 is 10.5 Å². The first-order valence-electron chi connectivity index (χ1n) is 17.5. The van der Waals surface area contributed by atoms with Crippen LogP contribution in [0.2, 0.25) is 16.6 Å². The molecule has 1 amide bonds. The fourth-order valence-corrected chi connectivity index (χ4v) is 12.6. The number of ether oxygens (including phenoxy) is 2. The average Bonchev–Trinajstić information content (AvgIpc) is 3.40. The Balaban J connectivity index is 1.35. The van der Waals surface area contributed by atoms with Crippen LogP contribution in [0.5, 0.6) is 11.5 Å². The molecule has 2 aromatic carbocycles. The summed E-state index contributed by atoms with van der Waals surface area (Å²) in [5, 5.41) is 5.71. The third-order valence-electron chi connectivity index (χ3n) is 9.65. The van der Waals surface area contributed by atoms with Gasteiger partial charge in [0, 0.05) is 30.8 Å². The molecule has 0 spiro atoms. The van der Waals surface area contributed by atoms with Gasteiger partial charge < -0.3 is 20.1 Å². The molecule has 1 fully saturated rings. The van der Waals surface area contributed by atoms with Crippen molar-refractivity contribution in [2.75, 3.05) is 18.8 Å². The average molecular weight is 681 g/mol. The second kappa shape index (κ2) is 14.6. The summed E-state index contributed by atoms with van der Waals surface area (Å²) in [6.45, 7) is 21.5. The molecule has 1 aliphatic rings. The van der Waals surface area contributed by atoms with Gasteiger partial charge in [-0.2, -0.15) is 5.10 Å². The highest BCUT2D eigenvalue weighted by Crippen LogP contribution is 2.41. The second-order valence-corrected chi connectivity index (χ2v) is 20.8. The molecule has 5 rings (SSSR count). The lowest BCUT2D eigenvalue weighted by Gasteiger charge is -2.38. The summed E-state index contributed by atoms with van der Waals surface area (Å²) < 4.78 is 13.8. The lowest BCUT2D eigenvalue weighted by Crippen LogP contribution is -2.43. The summed E-state index contributed by atoms with van der Waals surface area (Å²) in [5.74, 6) is 5.56. The summed E-state index contributed by atoms with van der Waals surface area (Å²) in [6, 6.07) is 15.9. The van der Waals surface area contributed by atoms with Crippen LogP contribution in [-0.4, -0.2) is 57.5 Å². The maximum absolute atomic E-state index is 12.8. The van der Waals surface area contributed by atoms with Crippen molar-refractivity contribution in [3.63, 3.8) is 0 Å². The molecule has 260 valence electrons. The van der Waals surface area contributed by atoms with E-state index < -0.39 is 13.7 Å². The third kappa shape index (κ3) is 8.10. The van der Waals surface area contributed by atoms with Crippen LogP contribution in [0.4, 0.5) is 10.6 Å². The van der Waals surface area contributed by atoms with E-state index in [4.69, 9.17) is 20.3 Å². The minimum atomic E-state index is -1.84. The first kappa shape index (κ1) is 35.9. The number of likely N-dealkylation sites (tertiary alicyclic amines) is 1. The Kier molecular flexibility index (Phi) is 10.7. The minimum absolute atomic E-state index is 0.199. The van der Waals surface area contributed by atoms with E-state index >= 15 is 0 Å². The van der Waals surface area contributed by atoms with E-state index in [1.165, 1.54) is 6.33 Å². The highest BCUT2D eigenvalue weighted by atomic mass is 28.3. The molecule has 0 aliphatic carbocycles. The van der Waals surface area contributed by atoms with Gasteiger partial charge in [0.1, 0.15) is 43.0 Å². The molecular formula is C39H52N6O3Si. The van der Waals surface area contributed by atoms with Crippen molar-refractivity contribution < 1.29 is 14.3 Å². The summed E-state index contributed by atoms with van der Waals surface area (Å²) in [5.41, 5.74) is 14.6. The number of hydrogen-bond donors (Lipinski definition) is 1. The predicted molar refractivity (Wildman–Crippen MR) is 200 cm³/mol. The van der Waals surface area contributed by atoms with Crippen molar-refractivity contribution in [2.24, 2.45) is 5.92 Å². The molecule has 0 radical (unpaired) electrons. The lowest BCUT2D eigenvalue weighted by atomic mass is 9.98. The standard InChI is InChI=1S/C39H52N6O3Si/c1-26(2)49(27(3)4,28(5)6)21-19-29-12-10-14-33(22-29)47-32-17-15-31(16-18-32)35-34-36(40)41-25-42-37(34)45(43-35)24-30-13-11-20-44(23-30)38(46)48-39(7,8)9/h10,12,14-18,22,25-28,30H,11,13,20,23-24H2,1-9H3,(H2,40,41,42)/t30-/m0/s1. The summed E-state index contributed by atoms with van der Waals surface area (Å²) in [7, 11) is -1.84. The van der Waals surface area contributed by atoms with Crippen LogP contribution in [0.1, 0.15) is 80.7 Å². The van der Waals surface area contributed by atoms with Crippen molar-refractivity contribution in [1.29, 1.82) is 0 Å². The van der Waals surface area contributed by atoms with Crippen LogP contribution in [0.3, 0.4) is 0 Å². The maximum Gasteiger partial charge on any atom is 0.410 e. The Morgan fingerprint density at radius 3 is 2.35 bits per heavy atom. The molecule has 3 heterocycles. The van der Waals surface area contributed by atoms with Crippen LogP contribution >= 0.6 is 0 Å². The smallest absolute Gasteiger partial charge is 0.410 e. The van der Waals surface area contributed by atoms with Crippen LogP contribution in [0, 0.1) is 17.4 Å². The summed E-state index contributed by atoms with van der Waals surface area (Å²) in [4.78, 5) is 23.4. The monoisotopic (exact) mass is 680 g/mol. The number of benzene rings is 2. The molecule has 0 saturated carbocycles. The Morgan fingerprint density at radius 1 is 1.00 bits per heavy atom. The van der Waals surface area contributed by atoms with E-state index in [1.54, 1.807) is 4.90 Å². The van der Waals surface area contributed by atoms with E-state index in [-0.39, 0.29) is 12.0 Å². The molecule has 9 nitrogen and oxygen atoms in total. The number of anilines is 1. The Bertz CT molecular complexity index is 1810. The van der Waals surface area contributed by atoms with Crippen molar-refractivity contribution in [2.45, 2.75) is 104 Å². The molecule has 4 aromatic rings. The molecule has 2 aromatic heterocycles. The first-order valence-corrected chi connectivity index (χ1v) is 19.8. The van der Waals surface area contributed by atoms with Gasteiger partial charge in [0.25, 0.3) is 0 Å². The number of nitrogens with zero attached hydrogens (tertiary/aromatic N) is 5. The predicted octanol–water partition coefficient (Wildman–Crippen LogP) is 9.08. The first-order chi connectivity index (χ1) is 23.2. The van der Waals surface area contributed by atoms with E-state index in [0.717, 1.165) is 29.7 Å². The van der Waals surface area contributed by atoms with E-state index in [1.807, 2.05) is 67.9 Å². The third-order valence-corrected chi connectivity index (χ3v) is 15.9. The molecule has 49 heavy (non-hydrogen) atoms. The fraction of sp³-hybridized carbons (Fsp3) is 0.487. The summed E-state index contributed by atoms with van der Waals surface area (Å²) in [6.07, 6.45) is 3.08. The largest absolute Gasteiger partial charge is 0.457 e. The van der Waals surface area contributed by atoms with Crippen molar-refractivity contribution in [3.05, 3.63) is 60.4 Å². The highest BCUT2D eigenvalue weighted by Gasteiger charge is 2.41. The molecule has 10 heteroatoms. The number of piperidine rings is 1. The second-order valence-electron chi connectivity index (χ2n) is 15.2. The minimum Gasteiger partial charge on any atom is -0.457 e. The maximum atomic E-state index is 12.8. The molecule has 1 aliphatic heterocycles. The number of hydrogen-bond acceptors (Lipinski definition) is 7. The fourth-order valence-electron chi connectivity index (χ4n) is 7.38. The summed E-state index contributed by atoms with van der Waals surface area (Å²) >= 11 is 0. The number of nitrogen functional groups attached to an aromatic ring is 1. The normalized spacial score (nSPS) is 15.5. The van der Waals surface area contributed by atoms with Crippen LogP contribution in [0.15, 0.2) is 54.9 Å². The number of fused-ring (bicyclic) bond motifs is 1. The number of aromatic nitrogens is 4. The Morgan fingerprint density at radius 2 is 1.69 bits per heavy atom. The zero-order valence-corrected chi connectivity index (χ0v) is 31.6. The van der Waals surface area contributed by atoms with Gasteiger partial charge >= 0.3 is 6.09 Å². The van der Waals surface area contributed by atoms with Gasteiger partial charge in [-0.1, -0.05) is 53.5 Å². The number of carbonyl (C=O) groups is 1. The molecular weight excluding hydrogens is 629 g/mol. The van der Waals surface area contributed by atoms with Gasteiger partial charge in [-0.25, -0.2) is 19.4 Å². The lowest BCUT2D eigenvalue weighted by molar-refractivity contribution is 0.0156. The van der Waals surface area contributed by atoms with E-state index in [2.05, 4.69) is 69.0 Å². The zero-order valence-electron chi connectivity index (χ0n) is 30.6. The highest BCUT2D eigenvalue weighted by molar-refractivity contribution is 6.90. The molecule has 1 atom stereocenters. The van der Waals surface area contributed by atoms with Crippen molar-refractivity contribution in [3.8, 4) is 34.2 Å². The SMILES string of the molecule is CC(C)[Si](C#Cc1cccc(Oc2ccc(-c3nn(C[C@H]4CCCN(C(=O)OC(C)(C)C)C4)c4ncnc(N)c34)cc2)c1)(C(C)C)C(C)C. The number of rotatable bonds is 8. The van der Waals surface area contributed by atoms with E-state index in [0.29, 0.717) is 64.6 Å².